The summed E-state index contributed by atoms with van der Waals surface area (Å²) in [6, 6.07) is 14.0. The molecule has 1 aromatic carbocycles. The van der Waals surface area contributed by atoms with Gasteiger partial charge in [-0.1, -0.05) is 69.2 Å². The van der Waals surface area contributed by atoms with Crippen molar-refractivity contribution < 1.29 is 4.74 Å². The molecule has 0 aliphatic rings. The molecule has 0 aromatic heterocycles. The molecule has 2 heteroatoms. The molecule has 1 nitrogen and oxygen atoms in total. The van der Waals surface area contributed by atoms with Crippen molar-refractivity contribution in [1.82, 2.24) is 0 Å². The molecule has 0 saturated carbocycles. The Morgan fingerprint density at radius 3 is 2.05 bits per heavy atom. The van der Waals surface area contributed by atoms with Gasteiger partial charge in [0.25, 0.3) is 0 Å². The molecule has 0 amide bonds. The molecule has 0 radical (unpaired) electrons. The van der Waals surface area contributed by atoms with Crippen molar-refractivity contribution in [2.45, 2.75) is 51.4 Å². The molecular formula is C17H28OSi. The van der Waals surface area contributed by atoms with E-state index < -0.39 is 8.07 Å². The maximum absolute atomic E-state index is 5.16. The van der Waals surface area contributed by atoms with Crippen LogP contribution in [0.4, 0.5) is 0 Å². The summed E-state index contributed by atoms with van der Waals surface area (Å²) in [5.41, 5.74) is 1.26. The van der Waals surface area contributed by atoms with Crippen LogP contribution >= 0.6 is 0 Å². The molecule has 0 aliphatic heterocycles. The van der Waals surface area contributed by atoms with Gasteiger partial charge in [0.2, 0.25) is 0 Å². The SMILES string of the molecule is CC[Si](CC)(CC)CC/C=C\c1ccc(OC)cc1. The summed E-state index contributed by atoms with van der Waals surface area (Å²) in [5.74, 6) is 0.923. The third-order valence-corrected chi connectivity index (χ3v) is 10.4. The van der Waals surface area contributed by atoms with E-state index in [1.54, 1.807) is 7.11 Å². The molecule has 0 heterocycles. The van der Waals surface area contributed by atoms with Crippen LogP contribution in [0, 0.1) is 0 Å². The zero-order chi connectivity index (χ0) is 14.1. The Morgan fingerprint density at radius 2 is 1.58 bits per heavy atom. The second-order valence-corrected chi connectivity index (χ2v) is 10.9. The standard InChI is InChI=1S/C17H28OSi/c1-5-19(6-2,7-3)15-9-8-10-16-11-13-17(18-4)14-12-16/h8,10-14H,5-7,9,15H2,1-4H3/b10-8-. The lowest BCUT2D eigenvalue weighted by atomic mass is 10.2. The minimum absolute atomic E-state index is 0.923. The Bertz CT molecular complexity index is 368. The van der Waals surface area contributed by atoms with Gasteiger partial charge in [0.1, 0.15) is 5.75 Å². The first-order valence-corrected chi connectivity index (χ1v) is 10.3. The summed E-state index contributed by atoms with van der Waals surface area (Å²) >= 11 is 0. The summed E-state index contributed by atoms with van der Waals surface area (Å²) in [6.07, 6.45) is 5.80. The van der Waals surface area contributed by atoms with E-state index in [0.717, 1.165) is 5.75 Å². The molecule has 0 unspecified atom stereocenters. The van der Waals surface area contributed by atoms with Gasteiger partial charge in [0, 0.05) is 0 Å². The van der Waals surface area contributed by atoms with E-state index in [0.29, 0.717) is 0 Å². The number of ether oxygens (including phenoxy) is 1. The van der Waals surface area contributed by atoms with Gasteiger partial charge < -0.3 is 4.74 Å². The van der Waals surface area contributed by atoms with Crippen LogP contribution in [0.15, 0.2) is 30.3 Å². The average Bonchev–Trinajstić information content (AvgIpc) is 2.49. The van der Waals surface area contributed by atoms with Crippen LogP contribution < -0.4 is 4.74 Å². The molecule has 0 saturated heterocycles. The lowest BCUT2D eigenvalue weighted by Gasteiger charge is -2.27. The number of hydrogen-bond donors (Lipinski definition) is 0. The fraction of sp³-hybridized carbons (Fsp3) is 0.529. The second-order valence-electron chi connectivity index (χ2n) is 5.27. The van der Waals surface area contributed by atoms with Crippen LogP contribution in [0.1, 0.15) is 32.8 Å². The fourth-order valence-electron chi connectivity index (χ4n) is 2.60. The first kappa shape index (κ1) is 16.0. The molecule has 0 aliphatic carbocycles. The Balaban J connectivity index is 2.49. The van der Waals surface area contributed by atoms with Gasteiger partial charge in [-0.2, -0.15) is 0 Å². The zero-order valence-corrected chi connectivity index (χ0v) is 13.9. The maximum Gasteiger partial charge on any atom is 0.118 e. The third kappa shape index (κ3) is 4.87. The lowest BCUT2D eigenvalue weighted by Crippen LogP contribution is -2.30. The Kier molecular flexibility index (Phi) is 6.93. The van der Waals surface area contributed by atoms with Crippen molar-refractivity contribution in [3.05, 3.63) is 35.9 Å². The summed E-state index contributed by atoms with van der Waals surface area (Å²) in [5, 5.41) is 0. The highest BCUT2D eigenvalue weighted by molar-refractivity contribution is 6.79. The number of allylic oxidation sites excluding steroid dienone is 1. The van der Waals surface area contributed by atoms with E-state index in [4.69, 9.17) is 4.74 Å². The summed E-state index contributed by atoms with van der Waals surface area (Å²) < 4.78 is 5.16. The zero-order valence-electron chi connectivity index (χ0n) is 12.9. The van der Waals surface area contributed by atoms with Crippen LogP contribution in [0.5, 0.6) is 5.75 Å². The summed E-state index contributed by atoms with van der Waals surface area (Å²) in [4.78, 5) is 0. The van der Waals surface area contributed by atoms with Crippen molar-refractivity contribution in [3.8, 4) is 5.75 Å². The number of rotatable bonds is 8. The fourth-order valence-corrected chi connectivity index (χ4v) is 5.94. The van der Waals surface area contributed by atoms with Crippen molar-refractivity contribution in [1.29, 1.82) is 0 Å². The van der Waals surface area contributed by atoms with E-state index in [1.807, 2.05) is 12.1 Å². The van der Waals surface area contributed by atoms with Gasteiger partial charge in [-0.25, -0.2) is 0 Å². The van der Waals surface area contributed by atoms with E-state index >= 15 is 0 Å². The summed E-state index contributed by atoms with van der Waals surface area (Å²) in [7, 11) is 0.762. The minimum atomic E-state index is -0.942. The van der Waals surface area contributed by atoms with Crippen LogP contribution in [0.25, 0.3) is 6.08 Å². The number of benzene rings is 1. The maximum atomic E-state index is 5.16. The average molecular weight is 276 g/mol. The van der Waals surface area contributed by atoms with E-state index in [-0.39, 0.29) is 0 Å². The highest BCUT2D eigenvalue weighted by atomic mass is 28.3. The van der Waals surface area contributed by atoms with Gasteiger partial charge in [-0.3, -0.25) is 0 Å². The Hall–Kier alpha value is -1.02. The molecule has 1 aromatic rings. The molecule has 0 spiro atoms. The molecular weight excluding hydrogens is 248 g/mol. The third-order valence-electron chi connectivity index (χ3n) is 4.52. The Morgan fingerprint density at radius 1 is 1.00 bits per heavy atom. The lowest BCUT2D eigenvalue weighted by molar-refractivity contribution is 0.415. The van der Waals surface area contributed by atoms with Crippen LogP contribution in [-0.2, 0) is 0 Å². The van der Waals surface area contributed by atoms with Crippen molar-refractivity contribution in [3.63, 3.8) is 0 Å². The van der Waals surface area contributed by atoms with Crippen LogP contribution in [0.3, 0.4) is 0 Å². The van der Waals surface area contributed by atoms with Gasteiger partial charge in [0.05, 0.1) is 15.2 Å². The normalized spacial score (nSPS) is 12.0. The van der Waals surface area contributed by atoms with Crippen molar-refractivity contribution >= 4 is 14.1 Å². The first-order valence-electron chi connectivity index (χ1n) is 7.50. The quantitative estimate of drug-likeness (QED) is 0.561. The van der Waals surface area contributed by atoms with Gasteiger partial charge in [0.15, 0.2) is 0 Å². The van der Waals surface area contributed by atoms with Gasteiger partial charge >= 0.3 is 0 Å². The van der Waals surface area contributed by atoms with Gasteiger partial charge in [-0.05, 0) is 24.1 Å². The molecule has 1 rings (SSSR count). The smallest absolute Gasteiger partial charge is 0.118 e. The van der Waals surface area contributed by atoms with E-state index in [2.05, 4.69) is 45.1 Å². The monoisotopic (exact) mass is 276 g/mol. The first-order chi connectivity index (χ1) is 9.19. The van der Waals surface area contributed by atoms with Crippen LogP contribution in [0.2, 0.25) is 24.2 Å². The molecule has 0 fully saturated rings. The largest absolute Gasteiger partial charge is 0.497 e. The predicted molar refractivity (Wildman–Crippen MR) is 88.6 cm³/mol. The predicted octanol–water partition coefficient (Wildman–Crippen LogP) is 5.61. The Labute approximate surface area is 119 Å². The van der Waals surface area contributed by atoms with Crippen molar-refractivity contribution in [2.24, 2.45) is 0 Å². The highest BCUT2D eigenvalue weighted by Crippen LogP contribution is 2.26. The van der Waals surface area contributed by atoms with E-state index in [1.165, 1.54) is 36.2 Å². The molecule has 106 valence electrons. The van der Waals surface area contributed by atoms with Crippen LogP contribution in [-0.4, -0.2) is 15.2 Å². The topological polar surface area (TPSA) is 9.23 Å². The molecule has 19 heavy (non-hydrogen) atoms. The molecule has 0 bridgehead atoms. The molecule has 0 atom stereocenters. The second kappa shape index (κ2) is 8.21. The minimum Gasteiger partial charge on any atom is -0.497 e. The number of methoxy groups -OCH3 is 1. The van der Waals surface area contributed by atoms with Crippen molar-refractivity contribution in [2.75, 3.05) is 7.11 Å². The summed E-state index contributed by atoms with van der Waals surface area (Å²) in [6.45, 7) is 7.14. The molecule has 0 N–H and O–H groups in total. The van der Waals surface area contributed by atoms with E-state index in [9.17, 15) is 0 Å². The number of hydrogen-bond acceptors (Lipinski definition) is 1. The van der Waals surface area contributed by atoms with Gasteiger partial charge in [-0.15, -0.1) is 0 Å². The highest BCUT2D eigenvalue weighted by Gasteiger charge is 2.24.